The number of halogens is 1. The molecule has 0 aliphatic carbocycles. The van der Waals surface area contributed by atoms with Gasteiger partial charge in [-0.25, -0.2) is 9.78 Å². The highest BCUT2D eigenvalue weighted by atomic mass is 79.9. The van der Waals surface area contributed by atoms with Gasteiger partial charge in [-0.05, 0) is 48.9 Å². The summed E-state index contributed by atoms with van der Waals surface area (Å²) in [6.45, 7) is 1.54. The zero-order valence-electron chi connectivity index (χ0n) is 15.9. The van der Waals surface area contributed by atoms with Crippen molar-refractivity contribution in [2.45, 2.75) is 19.0 Å². The van der Waals surface area contributed by atoms with Crippen LogP contribution < -0.4 is 11.1 Å². The van der Waals surface area contributed by atoms with Crippen molar-refractivity contribution in [1.29, 1.82) is 0 Å². The summed E-state index contributed by atoms with van der Waals surface area (Å²) < 4.78 is 6.43. The van der Waals surface area contributed by atoms with E-state index in [4.69, 9.17) is 10.2 Å². The number of carbonyl (C=O) groups is 3. The van der Waals surface area contributed by atoms with Crippen LogP contribution in [0.15, 0.2) is 63.7 Å². The average Bonchev–Trinajstić information content (AvgIpc) is 3.28. The number of rotatable bonds is 5. The van der Waals surface area contributed by atoms with Gasteiger partial charge in [0, 0.05) is 15.6 Å². The molecule has 0 saturated carbocycles. The Morgan fingerprint density at radius 3 is 2.67 bits per heavy atom. The molecule has 0 radical (unpaired) electrons. The number of primary amides is 1. The van der Waals surface area contributed by atoms with Crippen LogP contribution in [-0.4, -0.2) is 27.7 Å². The van der Waals surface area contributed by atoms with E-state index in [1.165, 1.54) is 12.3 Å². The highest BCUT2D eigenvalue weighted by Crippen LogP contribution is 2.30. The predicted molar refractivity (Wildman–Crippen MR) is 111 cm³/mol. The van der Waals surface area contributed by atoms with Crippen LogP contribution >= 0.6 is 15.9 Å². The Morgan fingerprint density at radius 2 is 1.97 bits per heavy atom. The first-order valence-corrected chi connectivity index (χ1v) is 9.82. The fourth-order valence-electron chi connectivity index (χ4n) is 3.29. The third kappa shape index (κ3) is 3.48. The van der Waals surface area contributed by atoms with Crippen LogP contribution in [-0.2, 0) is 16.9 Å². The Hall–Kier alpha value is -3.46. The molecule has 2 heterocycles. The topological polar surface area (TPSA) is 119 Å². The second-order valence-electron chi connectivity index (χ2n) is 7.04. The van der Waals surface area contributed by atoms with Gasteiger partial charge >= 0.3 is 6.03 Å². The molecule has 3 aromatic rings. The highest BCUT2D eigenvalue weighted by Gasteiger charge is 2.49. The predicted octanol–water partition coefficient (Wildman–Crippen LogP) is 3.17. The number of nitrogens with zero attached hydrogens (tertiary/aromatic N) is 2. The van der Waals surface area contributed by atoms with E-state index in [2.05, 4.69) is 26.2 Å². The van der Waals surface area contributed by atoms with E-state index in [0.717, 1.165) is 14.9 Å². The Bertz CT molecular complexity index is 1160. The molecule has 1 aromatic heterocycles. The minimum absolute atomic E-state index is 0.0458. The minimum Gasteiger partial charge on any atom is -0.444 e. The van der Waals surface area contributed by atoms with Gasteiger partial charge in [0.25, 0.3) is 5.91 Å². The van der Waals surface area contributed by atoms with E-state index in [0.29, 0.717) is 17.1 Å². The van der Waals surface area contributed by atoms with Gasteiger partial charge in [-0.1, -0.05) is 28.1 Å². The molecule has 1 unspecified atom stereocenters. The van der Waals surface area contributed by atoms with Crippen molar-refractivity contribution in [1.82, 2.24) is 15.2 Å². The molecular formula is C21H17BrN4O4. The number of hydrogen-bond acceptors (Lipinski definition) is 5. The molecular weight excluding hydrogens is 452 g/mol. The average molecular weight is 469 g/mol. The van der Waals surface area contributed by atoms with Crippen molar-refractivity contribution in [3.8, 4) is 11.5 Å². The number of carbonyl (C=O) groups excluding carboxylic acids is 3. The van der Waals surface area contributed by atoms with Crippen molar-refractivity contribution in [2.24, 2.45) is 5.73 Å². The molecule has 1 atom stereocenters. The summed E-state index contributed by atoms with van der Waals surface area (Å²) >= 11 is 3.37. The van der Waals surface area contributed by atoms with Gasteiger partial charge in [0.1, 0.15) is 11.8 Å². The van der Waals surface area contributed by atoms with Crippen LogP contribution in [0.25, 0.3) is 11.5 Å². The minimum atomic E-state index is -1.32. The third-order valence-electron chi connectivity index (χ3n) is 4.96. The van der Waals surface area contributed by atoms with E-state index in [9.17, 15) is 14.4 Å². The second-order valence-corrected chi connectivity index (χ2v) is 7.96. The fraction of sp³-hybridized carbons (Fsp3) is 0.143. The number of imide groups is 1. The zero-order chi connectivity index (χ0) is 21.5. The van der Waals surface area contributed by atoms with Gasteiger partial charge in [-0.3, -0.25) is 14.5 Å². The molecule has 4 amide bonds. The zero-order valence-corrected chi connectivity index (χ0v) is 17.5. The number of amides is 4. The van der Waals surface area contributed by atoms with Crippen LogP contribution in [0.1, 0.15) is 28.5 Å². The van der Waals surface area contributed by atoms with Gasteiger partial charge in [-0.15, -0.1) is 0 Å². The van der Waals surface area contributed by atoms with Crippen LogP contribution in [0.2, 0.25) is 0 Å². The van der Waals surface area contributed by atoms with Gasteiger partial charge < -0.3 is 15.5 Å². The number of nitrogens with one attached hydrogen (secondary N) is 1. The van der Waals surface area contributed by atoms with Gasteiger partial charge in [-0.2, -0.15) is 0 Å². The molecule has 0 spiro atoms. The van der Waals surface area contributed by atoms with E-state index >= 15 is 0 Å². The first kappa shape index (κ1) is 19.8. The quantitative estimate of drug-likeness (QED) is 0.557. The third-order valence-corrected chi connectivity index (χ3v) is 5.49. The van der Waals surface area contributed by atoms with E-state index in [1.54, 1.807) is 25.1 Å². The lowest BCUT2D eigenvalue weighted by Gasteiger charge is -2.22. The number of urea groups is 1. The summed E-state index contributed by atoms with van der Waals surface area (Å²) in [5.41, 5.74) is 5.94. The molecule has 1 saturated heterocycles. The first-order chi connectivity index (χ1) is 14.3. The smallest absolute Gasteiger partial charge is 0.325 e. The van der Waals surface area contributed by atoms with Crippen molar-refractivity contribution in [3.63, 3.8) is 0 Å². The molecule has 8 nitrogen and oxygen atoms in total. The Morgan fingerprint density at radius 1 is 1.23 bits per heavy atom. The Kier molecular flexibility index (Phi) is 4.90. The second kappa shape index (κ2) is 7.42. The summed E-state index contributed by atoms with van der Waals surface area (Å²) in [5, 5.41) is 2.70. The van der Waals surface area contributed by atoms with Crippen LogP contribution in [0.3, 0.4) is 0 Å². The molecule has 3 N–H and O–H groups in total. The van der Waals surface area contributed by atoms with Crippen LogP contribution in [0.4, 0.5) is 4.79 Å². The van der Waals surface area contributed by atoms with Crippen molar-refractivity contribution in [2.75, 3.05) is 0 Å². The lowest BCUT2D eigenvalue weighted by Crippen LogP contribution is -2.41. The molecule has 1 fully saturated rings. The molecule has 1 aliphatic rings. The number of oxazole rings is 1. The van der Waals surface area contributed by atoms with Crippen LogP contribution in [0, 0.1) is 0 Å². The first-order valence-electron chi connectivity index (χ1n) is 9.03. The standard InChI is InChI=1S/C21H17BrN4O4/c1-21(14-4-2-3-13(9-14)17(23)27)19(28)26(20(29)25-21)10-16-11-30-18(24-16)12-5-7-15(22)8-6-12/h2-9,11H,10H2,1H3,(H2,23,27)(H,25,29). The van der Waals surface area contributed by atoms with Crippen molar-refractivity contribution >= 4 is 33.8 Å². The van der Waals surface area contributed by atoms with Gasteiger partial charge in [0.2, 0.25) is 11.8 Å². The van der Waals surface area contributed by atoms with Gasteiger partial charge in [0.05, 0.1) is 12.2 Å². The summed E-state index contributed by atoms with van der Waals surface area (Å²) in [5.74, 6) is -0.680. The maximum Gasteiger partial charge on any atom is 0.325 e. The molecule has 4 rings (SSSR count). The number of hydrogen-bond donors (Lipinski definition) is 2. The highest BCUT2D eigenvalue weighted by molar-refractivity contribution is 9.10. The SMILES string of the molecule is CC1(c2cccc(C(N)=O)c2)NC(=O)N(Cc2coc(-c3ccc(Br)cc3)n2)C1=O. The molecule has 30 heavy (non-hydrogen) atoms. The maximum absolute atomic E-state index is 13.1. The van der Waals surface area contributed by atoms with Crippen molar-refractivity contribution < 1.29 is 18.8 Å². The lowest BCUT2D eigenvalue weighted by molar-refractivity contribution is -0.131. The molecule has 1 aliphatic heterocycles. The van der Waals surface area contributed by atoms with E-state index in [1.807, 2.05) is 24.3 Å². The number of benzene rings is 2. The molecule has 0 bridgehead atoms. The number of aromatic nitrogens is 1. The van der Waals surface area contributed by atoms with Crippen LogP contribution in [0.5, 0.6) is 0 Å². The summed E-state index contributed by atoms with van der Waals surface area (Å²) in [6.07, 6.45) is 1.42. The number of nitrogens with two attached hydrogens (primary N) is 1. The fourth-order valence-corrected chi connectivity index (χ4v) is 3.55. The summed E-state index contributed by atoms with van der Waals surface area (Å²) in [4.78, 5) is 42.6. The maximum atomic E-state index is 13.1. The Balaban J connectivity index is 1.57. The lowest BCUT2D eigenvalue weighted by atomic mass is 9.90. The Labute approximate surface area is 180 Å². The van der Waals surface area contributed by atoms with E-state index in [-0.39, 0.29) is 12.1 Å². The molecule has 2 aromatic carbocycles. The molecule has 152 valence electrons. The van der Waals surface area contributed by atoms with Gasteiger partial charge in [0.15, 0.2) is 0 Å². The summed E-state index contributed by atoms with van der Waals surface area (Å²) in [7, 11) is 0. The largest absolute Gasteiger partial charge is 0.444 e. The summed E-state index contributed by atoms with van der Waals surface area (Å²) in [6, 6.07) is 13.2. The molecule has 9 heteroatoms. The van der Waals surface area contributed by atoms with Crippen molar-refractivity contribution in [3.05, 3.63) is 76.1 Å². The monoisotopic (exact) mass is 468 g/mol. The normalized spacial score (nSPS) is 18.5. The van der Waals surface area contributed by atoms with E-state index < -0.39 is 23.4 Å².